The SMILES string of the molecule is Oc1ccc2ccnc(NCCc3cnc[nH]3)c2c1. The van der Waals surface area contributed by atoms with Crippen molar-refractivity contribution in [3.8, 4) is 5.75 Å². The number of H-pyrrole nitrogens is 1. The van der Waals surface area contributed by atoms with Gasteiger partial charge in [0.1, 0.15) is 11.6 Å². The first-order valence-corrected chi connectivity index (χ1v) is 6.12. The Bertz CT molecular complexity index is 679. The Kier molecular flexibility index (Phi) is 3.02. The predicted octanol–water partition coefficient (Wildman–Crippen LogP) is 2.32. The van der Waals surface area contributed by atoms with Crippen LogP contribution < -0.4 is 5.32 Å². The average Bonchev–Trinajstić information content (AvgIpc) is 2.92. The number of hydrogen-bond acceptors (Lipinski definition) is 4. The monoisotopic (exact) mass is 254 g/mol. The summed E-state index contributed by atoms with van der Waals surface area (Å²) >= 11 is 0. The third kappa shape index (κ3) is 2.49. The van der Waals surface area contributed by atoms with E-state index in [0.29, 0.717) is 0 Å². The summed E-state index contributed by atoms with van der Waals surface area (Å²) in [5.41, 5.74) is 1.08. The van der Waals surface area contributed by atoms with Crippen molar-refractivity contribution in [3.05, 3.63) is 48.7 Å². The quantitative estimate of drug-likeness (QED) is 0.668. The number of aromatic nitrogens is 3. The summed E-state index contributed by atoms with van der Waals surface area (Å²) in [7, 11) is 0. The molecule has 3 aromatic rings. The van der Waals surface area contributed by atoms with Crippen LogP contribution in [0.3, 0.4) is 0 Å². The van der Waals surface area contributed by atoms with E-state index < -0.39 is 0 Å². The highest BCUT2D eigenvalue weighted by Crippen LogP contribution is 2.24. The molecule has 2 aromatic heterocycles. The fourth-order valence-electron chi connectivity index (χ4n) is 2.03. The Morgan fingerprint density at radius 3 is 3.05 bits per heavy atom. The van der Waals surface area contributed by atoms with E-state index in [4.69, 9.17) is 0 Å². The number of anilines is 1. The van der Waals surface area contributed by atoms with Crippen LogP contribution in [0.4, 0.5) is 5.82 Å². The normalized spacial score (nSPS) is 10.7. The summed E-state index contributed by atoms with van der Waals surface area (Å²) in [6, 6.07) is 7.21. The van der Waals surface area contributed by atoms with Gasteiger partial charge in [-0.3, -0.25) is 0 Å². The van der Waals surface area contributed by atoms with Crippen LogP contribution in [-0.2, 0) is 6.42 Å². The first-order valence-electron chi connectivity index (χ1n) is 6.12. The number of pyridine rings is 1. The van der Waals surface area contributed by atoms with Crippen LogP contribution in [0.2, 0.25) is 0 Å². The first-order chi connectivity index (χ1) is 9.33. The zero-order valence-electron chi connectivity index (χ0n) is 10.3. The lowest BCUT2D eigenvalue weighted by atomic mass is 10.1. The van der Waals surface area contributed by atoms with Gasteiger partial charge in [0.05, 0.1) is 6.33 Å². The second kappa shape index (κ2) is 4.97. The Hall–Kier alpha value is -2.56. The van der Waals surface area contributed by atoms with Gasteiger partial charge in [0.25, 0.3) is 0 Å². The predicted molar refractivity (Wildman–Crippen MR) is 74.2 cm³/mol. The van der Waals surface area contributed by atoms with Crippen LogP contribution >= 0.6 is 0 Å². The van der Waals surface area contributed by atoms with E-state index in [1.807, 2.05) is 18.3 Å². The zero-order valence-corrected chi connectivity index (χ0v) is 10.3. The molecule has 0 aliphatic carbocycles. The molecule has 0 aliphatic rings. The molecule has 96 valence electrons. The van der Waals surface area contributed by atoms with Gasteiger partial charge in [-0.05, 0) is 23.6 Å². The van der Waals surface area contributed by atoms with Crippen LogP contribution in [0, 0.1) is 0 Å². The number of imidazole rings is 1. The fraction of sp³-hybridized carbons (Fsp3) is 0.143. The van der Waals surface area contributed by atoms with E-state index in [9.17, 15) is 5.11 Å². The largest absolute Gasteiger partial charge is 0.508 e. The van der Waals surface area contributed by atoms with Crippen molar-refractivity contribution in [2.45, 2.75) is 6.42 Å². The summed E-state index contributed by atoms with van der Waals surface area (Å²) in [4.78, 5) is 11.4. The van der Waals surface area contributed by atoms with E-state index in [0.717, 1.165) is 35.2 Å². The molecular formula is C14H14N4O. The van der Waals surface area contributed by atoms with Crippen LogP contribution in [-0.4, -0.2) is 26.6 Å². The van der Waals surface area contributed by atoms with Crippen LogP contribution in [0.1, 0.15) is 5.69 Å². The van der Waals surface area contributed by atoms with Crippen LogP contribution in [0.5, 0.6) is 5.75 Å². The third-order valence-corrected chi connectivity index (χ3v) is 2.99. The molecule has 0 fully saturated rings. The van der Waals surface area contributed by atoms with E-state index >= 15 is 0 Å². The number of aromatic hydroxyl groups is 1. The summed E-state index contributed by atoms with van der Waals surface area (Å²) in [6.45, 7) is 0.754. The molecule has 1 aromatic carbocycles. The molecule has 0 saturated heterocycles. The number of nitrogens with one attached hydrogen (secondary N) is 2. The standard InChI is InChI=1S/C14H14N4O/c19-12-2-1-10-3-5-16-14(13(10)7-12)17-6-4-11-8-15-9-18-11/h1-3,5,7-9,19H,4,6H2,(H,15,18)(H,16,17). The molecule has 0 bridgehead atoms. The summed E-state index contributed by atoms with van der Waals surface area (Å²) in [5.74, 6) is 1.03. The van der Waals surface area contributed by atoms with Crippen molar-refractivity contribution in [2.24, 2.45) is 0 Å². The van der Waals surface area contributed by atoms with Gasteiger partial charge in [-0.15, -0.1) is 0 Å². The van der Waals surface area contributed by atoms with Crippen LogP contribution in [0.25, 0.3) is 10.8 Å². The molecule has 5 heteroatoms. The van der Waals surface area contributed by atoms with Gasteiger partial charge in [0.2, 0.25) is 0 Å². The van der Waals surface area contributed by atoms with Gasteiger partial charge >= 0.3 is 0 Å². The second-order valence-corrected chi connectivity index (χ2v) is 4.32. The molecule has 3 N–H and O–H groups in total. The van der Waals surface area contributed by atoms with Crippen molar-refractivity contribution in [1.29, 1.82) is 0 Å². The number of phenolic OH excluding ortho intramolecular Hbond substituents is 1. The van der Waals surface area contributed by atoms with Crippen molar-refractivity contribution < 1.29 is 5.11 Å². The maximum Gasteiger partial charge on any atom is 0.133 e. The number of rotatable bonds is 4. The highest BCUT2D eigenvalue weighted by molar-refractivity contribution is 5.92. The molecular weight excluding hydrogens is 240 g/mol. The second-order valence-electron chi connectivity index (χ2n) is 4.32. The summed E-state index contributed by atoms with van der Waals surface area (Å²) < 4.78 is 0. The Morgan fingerprint density at radius 2 is 2.21 bits per heavy atom. The number of hydrogen-bond donors (Lipinski definition) is 3. The molecule has 0 saturated carbocycles. The van der Waals surface area contributed by atoms with Crippen LogP contribution in [0.15, 0.2) is 43.0 Å². The molecule has 0 atom stereocenters. The number of benzene rings is 1. The smallest absolute Gasteiger partial charge is 0.133 e. The highest BCUT2D eigenvalue weighted by Gasteiger charge is 2.03. The van der Waals surface area contributed by atoms with Crippen molar-refractivity contribution in [2.75, 3.05) is 11.9 Å². The van der Waals surface area contributed by atoms with Gasteiger partial charge in [-0.25, -0.2) is 9.97 Å². The number of nitrogens with zero attached hydrogens (tertiary/aromatic N) is 2. The van der Waals surface area contributed by atoms with E-state index in [-0.39, 0.29) is 5.75 Å². The number of aromatic amines is 1. The molecule has 0 radical (unpaired) electrons. The molecule has 2 heterocycles. The maximum absolute atomic E-state index is 9.56. The lowest BCUT2D eigenvalue weighted by molar-refractivity contribution is 0.476. The minimum atomic E-state index is 0.247. The van der Waals surface area contributed by atoms with Gasteiger partial charge in [0.15, 0.2) is 0 Å². The van der Waals surface area contributed by atoms with E-state index in [1.165, 1.54) is 0 Å². The Morgan fingerprint density at radius 1 is 1.26 bits per heavy atom. The number of phenols is 1. The third-order valence-electron chi connectivity index (χ3n) is 2.99. The summed E-state index contributed by atoms with van der Waals surface area (Å²) in [6.07, 6.45) is 6.09. The van der Waals surface area contributed by atoms with Crippen molar-refractivity contribution in [1.82, 2.24) is 15.0 Å². The molecule has 5 nitrogen and oxygen atoms in total. The van der Waals surface area contributed by atoms with E-state index in [2.05, 4.69) is 20.3 Å². The molecule has 0 unspecified atom stereocenters. The topological polar surface area (TPSA) is 73.8 Å². The van der Waals surface area contributed by atoms with Gasteiger partial charge < -0.3 is 15.4 Å². The molecule has 0 amide bonds. The van der Waals surface area contributed by atoms with Gasteiger partial charge in [-0.1, -0.05) is 6.07 Å². The lowest BCUT2D eigenvalue weighted by Crippen LogP contribution is -2.06. The molecule has 3 rings (SSSR count). The Balaban J connectivity index is 1.78. The minimum Gasteiger partial charge on any atom is -0.508 e. The maximum atomic E-state index is 9.56. The van der Waals surface area contributed by atoms with Crippen molar-refractivity contribution in [3.63, 3.8) is 0 Å². The molecule has 19 heavy (non-hydrogen) atoms. The average molecular weight is 254 g/mol. The molecule has 0 aliphatic heterocycles. The first kappa shape index (κ1) is 11.5. The molecule has 0 spiro atoms. The zero-order chi connectivity index (χ0) is 13.1. The van der Waals surface area contributed by atoms with E-state index in [1.54, 1.807) is 24.7 Å². The fourth-order valence-corrected chi connectivity index (χ4v) is 2.03. The van der Waals surface area contributed by atoms with Crippen molar-refractivity contribution >= 4 is 16.6 Å². The summed E-state index contributed by atoms with van der Waals surface area (Å²) in [5, 5.41) is 14.8. The number of fused-ring (bicyclic) bond motifs is 1. The minimum absolute atomic E-state index is 0.247. The van der Waals surface area contributed by atoms with Gasteiger partial charge in [-0.2, -0.15) is 0 Å². The lowest BCUT2D eigenvalue weighted by Gasteiger charge is -2.08. The highest BCUT2D eigenvalue weighted by atomic mass is 16.3. The Labute approximate surface area is 110 Å². The van der Waals surface area contributed by atoms with Gasteiger partial charge in [0, 0.05) is 36.4 Å².